The van der Waals surface area contributed by atoms with E-state index in [0.717, 1.165) is 18.1 Å². The first-order chi connectivity index (χ1) is 8.74. The van der Waals surface area contributed by atoms with Gasteiger partial charge in [-0.2, -0.15) is 0 Å². The molecule has 2 aromatic rings. The van der Waals surface area contributed by atoms with Crippen LogP contribution < -0.4 is 0 Å². The Kier molecular flexibility index (Phi) is 3.92. The standard InChI is InChI=1S/C16H14O2/c17-16(18)11-10-13-6-8-15(9-7-13)12-14-4-2-1-3-5-14/h1-11H,12H2,(H,17,18)/b11-10+. The maximum atomic E-state index is 10.4. The summed E-state index contributed by atoms with van der Waals surface area (Å²) in [5.41, 5.74) is 3.38. The Morgan fingerprint density at radius 1 is 0.944 bits per heavy atom. The van der Waals surface area contributed by atoms with E-state index < -0.39 is 5.97 Å². The lowest BCUT2D eigenvalue weighted by atomic mass is 10.0. The lowest BCUT2D eigenvalue weighted by molar-refractivity contribution is -0.131. The van der Waals surface area contributed by atoms with Gasteiger partial charge in [0.15, 0.2) is 0 Å². The minimum atomic E-state index is -0.927. The van der Waals surface area contributed by atoms with E-state index in [-0.39, 0.29) is 0 Å². The lowest BCUT2D eigenvalue weighted by Gasteiger charge is -2.02. The summed E-state index contributed by atoms with van der Waals surface area (Å²) >= 11 is 0. The van der Waals surface area contributed by atoms with Crippen molar-refractivity contribution in [2.45, 2.75) is 6.42 Å². The number of hydrogen-bond donors (Lipinski definition) is 1. The number of hydrogen-bond acceptors (Lipinski definition) is 1. The third-order valence-electron chi connectivity index (χ3n) is 2.65. The van der Waals surface area contributed by atoms with Gasteiger partial charge in [-0.1, -0.05) is 54.6 Å². The molecule has 0 amide bonds. The van der Waals surface area contributed by atoms with Crippen LogP contribution >= 0.6 is 0 Å². The zero-order chi connectivity index (χ0) is 12.8. The van der Waals surface area contributed by atoms with Crippen LogP contribution in [-0.2, 0) is 11.2 Å². The largest absolute Gasteiger partial charge is 0.478 e. The van der Waals surface area contributed by atoms with Gasteiger partial charge >= 0.3 is 5.97 Å². The van der Waals surface area contributed by atoms with E-state index in [0.29, 0.717) is 0 Å². The van der Waals surface area contributed by atoms with Crippen LogP contribution in [0.5, 0.6) is 0 Å². The predicted molar refractivity (Wildman–Crippen MR) is 72.4 cm³/mol. The Labute approximate surface area is 106 Å². The number of benzene rings is 2. The van der Waals surface area contributed by atoms with Crippen molar-refractivity contribution >= 4 is 12.0 Å². The Morgan fingerprint density at radius 3 is 2.17 bits per heavy atom. The van der Waals surface area contributed by atoms with Gasteiger partial charge in [-0.25, -0.2) is 4.79 Å². The maximum absolute atomic E-state index is 10.4. The second-order valence-electron chi connectivity index (χ2n) is 4.08. The average molecular weight is 238 g/mol. The van der Waals surface area contributed by atoms with Crippen molar-refractivity contribution in [1.82, 2.24) is 0 Å². The van der Waals surface area contributed by atoms with Crippen LogP contribution in [-0.4, -0.2) is 11.1 Å². The fourth-order valence-electron chi connectivity index (χ4n) is 1.75. The van der Waals surface area contributed by atoms with Gasteiger partial charge in [-0.15, -0.1) is 0 Å². The highest BCUT2D eigenvalue weighted by Gasteiger charge is 1.96. The summed E-state index contributed by atoms with van der Waals surface area (Å²) in [6.07, 6.45) is 3.63. The van der Waals surface area contributed by atoms with Crippen molar-refractivity contribution in [2.75, 3.05) is 0 Å². The van der Waals surface area contributed by atoms with Gasteiger partial charge in [0.25, 0.3) is 0 Å². The summed E-state index contributed by atoms with van der Waals surface area (Å²) in [7, 11) is 0. The molecule has 0 radical (unpaired) electrons. The van der Waals surface area contributed by atoms with Crippen LogP contribution in [0.15, 0.2) is 60.7 Å². The third-order valence-corrected chi connectivity index (χ3v) is 2.65. The fraction of sp³-hybridized carbons (Fsp3) is 0.0625. The second-order valence-corrected chi connectivity index (χ2v) is 4.08. The van der Waals surface area contributed by atoms with Gasteiger partial charge in [-0.3, -0.25) is 0 Å². The SMILES string of the molecule is O=C(O)/C=C/c1ccc(Cc2ccccc2)cc1. The van der Waals surface area contributed by atoms with E-state index >= 15 is 0 Å². The second kappa shape index (κ2) is 5.82. The molecule has 0 spiro atoms. The molecule has 2 heteroatoms. The van der Waals surface area contributed by atoms with Crippen LogP contribution in [0, 0.1) is 0 Å². The molecule has 2 aromatic carbocycles. The molecule has 0 bridgehead atoms. The molecule has 0 heterocycles. The minimum Gasteiger partial charge on any atom is -0.478 e. The van der Waals surface area contributed by atoms with Crippen LogP contribution in [0.25, 0.3) is 6.08 Å². The van der Waals surface area contributed by atoms with E-state index in [1.165, 1.54) is 11.1 Å². The van der Waals surface area contributed by atoms with Crippen molar-refractivity contribution < 1.29 is 9.90 Å². The molecule has 2 nitrogen and oxygen atoms in total. The van der Waals surface area contributed by atoms with Crippen molar-refractivity contribution in [3.8, 4) is 0 Å². The first-order valence-corrected chi connectivity index (χ1v) is 5.78. The molecular formula is C16H14O2. The fourth-order valence-corrected chi connectivity index (χ4v) is 1.75. The summed E-state index contributed by atoms with van der Waals surface area (Å²) in [6.45, 7) is 0. The molecule has 0 aliphatic carbocycles. The summed E-state index contributed by atoms with van der Waals surface area (Å²) in [4.78, 5) is 10.4. The summed E-state index contributed by atoms with van der Waals surface area (Å²) in [5, 5.41) is 8.54. The first kappa shape index (κ1) is 12.1. The zero-order valence-corrected chi connectivity index (χ0v) is 9.91. The number of carbonyl (C=O) groups is 1. The van der Waals surface area contributed by atoms with E-state index in [4.69, 9.17) is 5.11 Å². The first-order valence-electron chi connectivity index (χ1n) is 5.78. The predicted octanol–water partition coefficient (Wildman–Crippen LogP) is 3.38. The van der Waals surface area contributed by atoms with E-state index in [2.05, 4.69) is 12.1 Å². The normalized spacial score (nSPS) is 10.7. The Bertz CT molecular complexity index is 539. The molecule has 0 saturated carbocycles. The molecule has 90 valence electrons. The van der Waals surface area contributed by atoms with Gasteiger partial charge in [0.1, 0.15) is 0 Å². The monoisotopic (exact) mass is 238 g/mol. The quantitative estimate of drug-likeness (QED) is 0.829. The van der Waals surface area contributed by atoms with E-state index in [1.807, 2.05) is 42.5 Å². The number of rotatable bonds is 4. The molecule has 0 saturated heterocycles. The molecule has 0 fully saturated rings. The molecular weight excluding hydrogens is 224 g/mol. The van der Waals surface area contributed by atoms with Crippen LogP contribution in [0.1, 0.15) is 16.7 Å². The summed E-state index contributed by atoms with van der Waals surface area (Å²) in [5.74, 6) is -0.927. The van der Waals surface area contributed by atoms with Gasteiger partial charge in [-0.05, 0) is 29.2 Å². The molecule has 1 N–H and O–H groups in total. The number of aliphatic carboxylic acids is 1. The summed E-state index contributed by atoms with van der Waals surface area (Å²) < 4.78 is 0. The molecule has 2 rings (SSSR count). The highest BCUT2D eigenvalue weighted by atomic mass is 16.4. The zero-order valence-electron chi connectivity index (χ0n) is 9.91. The van der Waals surface area contributed by atoms with Crippen LogP contribution in [0.3, 0.4) is 0 Å². The summed E-state index contributed by atoms with van der Waals surface area (Å²) in [6, 6.07) is 18.1. The molecule has 18 heavy (non-hydrogen) atoms. The van der Waals surface area contributed by atoms with Crippen molar-refractivity contribution in [1.29, 1.82) is 0 Å². The van der Waals surface area contributed by atoms with Gasteiger partial charge < -0.3 is 5.11 Å². The average Bonchev–Trinajstić information content (AvgIpc) is 2.39. The van der Waals surface area contributed by atoms with E-state index in [1.54, 1.807) is 6.08 Å². The van der Waals surface area contributed by atoms with Gasteiger partial charge in [0.2, 0.25) is 0 Å². The number of carboxylic acids is 1. The van der Waals surface area contributed by atoms with Crippen LogP contribution in [0.2, 0.25) is 0 Å². The van der Waals surface area contributed by atoms with Crippen LogP contribution in [0.4, 0.5) is 0 Å². The van der Waals surface area contributed by atoms with Crippen molar-refractivity contribution in [3.05, 3.63) is 77.4 Å². The molecule has 0 aliphatic heterocycles. The van der Waals surface area contributed by atoms with Crippen molar-refractivity contribution in [2.24, 2.45) is 0 Å². The topological polar surface area (TPSA) is 37.3 Å². The Balaban J connectivity index is 2.06. The lowest BCUT2D eigenvalue weighted by Crippen LogP contribution is -1.88. The Morgan fingerprint density at radius 2 is 1.56 bits per heavy atom. The molecule has 0 unspecified atom stereocenters. The van der Waals surface area contributed by atoms with Crippen molar-refractivity contribution in [3.63, 3.8) is 0 Å². The van der Waals surface area contributed by atoms with Gasteiger partial charge in [0, 0.05) is 6.08 Å². The molecule has 0 aliphatic rings. The Hall–Kier alpha value is -2.35. The maximum Gasteiger partial charge on any atom is 0.328 e. The minimum absolute atomic E-state index is 0.893. The highest BCUT2D eigenvalue weighted by molar-refractivity contribution is 5.85. The number of carboxylic acid groups (broad SMARTS) is 1. The highest BCUT2D eigenvalue weighted by Crippen LogP contribution is 2.11. The molecule has 0 atom stereocenters. The smallest absolute Gasteiger partial charge is 0.328 e. The molecule has 0 aromatic heterocycles. The van der Waals surface area contributed by atoms with E-state index in [9.17, 15) is 4.79 Å². The third kappa shape index (κ3) is 3.59. The van der Waals surface area contributed by atoms with Gasteiger partial charge in [0.05, 0.1) is 0 Å².